The molecule has 5 heteroatoms. The Morgan fingerprint density at radius 2 is 2.11 bits per heavy atom. The minimum absolute atomic E-state index is 0.258. The molecule has 1 saturated heterocycles. The largest absolute Gasteiger partial charge is 0.336 e. The third kappa shape index (κ3) is 4.52. The second-order valence-electron chi connectivity index (χ2n) is 5.04. The number of hydrogen-bond acceptors (Lipinski definition) is 2. The average molecular weight is 265 g/mol. The number of hydrogen-bond donors (Lipinski definition) is 3. The van der Waals surface area contributed by atoms with Crippen LogP contribution in [0.1, 0.15) is 26.2 Å². The van der Waals surface area contributed by atoms with Gasteiger partial charge in [-0.2, -0.15) is 0 Å². The van der Waals surface area contributed by atoms with E-state index in [9.17, 15) is 9.18 Å². The molecule has 1 aromatic rings. The van der Waals surface area contributed by atoms with E-state index in [2.05, 4.69) is 22.9 Å². The summed E-state index contributed by atoms with van der Waals surface area (Å²) in [4.78, 5) is 11.7. The van der Waals surface area contributed by atoms with Crippen molar-refractivity contribution in [3.63, 3.8) is 0 Å². The highest BCUT2D eigenvalue weighted by atomic mass is 19.1. The smallest absolute Gasteiger partial charge is 0.319 e. The Morgan fingerprint density at radius 3 is 2.79 bits per heavy atom. The summed E-state index contributed by atoms with van der Waals surface area (Å²) in [7, 11) is 0. The molecule has 2 amide bonds. The Kier molecular flexibility index (Phi) is 4.74. The van der Waals surface area contributed by atoms with E-state index in [1.165, 1.54) is 37.1 Å². The maximum Gasteiger partial charge on any atom is 0.319 e. The van der Waals surface area contributed by atoms with Crippen molar-refractivity contribution < 1.29 is 9.18 Å². The lowest BCUT2D eigenvalue weighted by Crippen LogP contribution is -2.47. The lowest BCUT2D eigenvalue weighted by molar-refractivity contribution is 0.248. The summed E-state index contributed by atoms with van der Waals surface area (Å²) in [5.74, 6) is -0.314. The molecule has 3 N–H and O–H groups in total. The van der Waals surface area contributed by atoms with Crippen LogP contribution in [0.3, 0.4) is 0 Å². The van der Waals surface area contributed by atoms with Crippen molar-refractivity contribution in [1.29, 1.82) is 0 Å². The van der Waals surface area contributed by atoms with Crippen molar-refractivity contribution >= 4 is 11.7 Å². The van der Waals surface area contributed by atoms with Crippen LogP contribution in [0, 0.1) is 5.82 Å². The van der Waals surface area contributed by atoms with E-state index in [1.54, 1.807) is 0 Å². The number of rotatable bonds is 3. The van der Waals surface area contributed by atoms with E-state index < -0.39 is 0 Å². The topological polar surface area (TPSA) is 53.2 Å². The van der Waals surface area contributed by atoms with Crippen LogP contribution in [0.4, 0.5) is 14.9 Å². The molecule has 0 radical (unpaired) electrons. The molecule has 1 fully saturated rings. The monoisotopic (exact) mass is 265 g/mol. The van der Waals surface area contributed by atoms with Crippen LogP contribution < -0.4 is 16.0 Å². The second kappa shape index (κ2) is 6.52. The Hall–Kier alpha value is -1.62. The average Bonchev–Trinajstić information content (AvgIpc) is 2.39. The fraction of sp³-hybridized carbons (Fsp3) is 0.500. The molecule has 2 atom stereocenters. The van der Waals surface area contributed by atoms with Crippen LogP contribution in [0.5, 0.6) is 0 Å². The second-order valence-corrected chi connectivity index (χ2v) is 5.04. The van der Waals surface area contributed by atoms with Gasteiger partial charge < -0.3 is 16.0 Å². The number of piperidine rings is 1. The molecule has 1 aromatic carbocycles. The third-order valence-corrected chi connectivity index (χ3v) is 3.32. The summed E-state index contributed by atoms with van der Waals surface area (Å²) < 4.78 is 12.7. The first-order valence-electron chi connectivity index (χ1n) is 6.70. The van der Waals surface area contributed by atoms with Crippen molar-refractivity contribution in [3.8, 4) is 0 Å². The van der Waals surface area contributed by atoms with Gasteiger partial charge in [0.15, 0.2) is 0 Å². The number of benzene rings is 1. The highest BCUT2D eigenvalue weighted by molar-refractivity contribution is 5.89. The van der Waals surface area contributed by atoms with Gasteiger partial charge in [0, 0.05) is 24.3 Å². The Balaban J connectivity index is 1.73. The summed E-state index contributed by atoms with van der Waals surface area (Å²) in [6.45, 7) is 2.77. The SMILES string of the molecule is CC1CCCC(CNC(=O)Nc2ccc(F)cc2)N1. The summed E-state index contributed by atoms with van der Waals surface area (Å²) in [6.07, 6.45) is 3.47. The molecule has 0 saturated carbocycles. The van der Waals surface area contributed by atoms with E-state index in [-0.39, 0.29) is 11.8 Å². The van der Waals surface area contributed by atoms with E-state index in [1.807, 2.05) is 0 Å². The van der Waals surface area contributed by atoms with Gasteiger partial charge in [0.1, 0.15) is 5.82 Å². The highest BCUT2D eigenvalue weighted by Crippen LogP contribution is 2.12. The summed E-state index contributed by atoms with van der Waals surface area (Å²) in [6, 6.07) is 6.31. The van der Waals surface area contributed by atoms with Crippen LogP contribution >= 0.6 is 0 Å². The van der Waals surface area contributed by atoms with E-state index in [0.29, 0.717) is 24.3 Å². The van der Waals surface area contributed by atoms with Crippen LogP contribution in [0.2, 0.25) is 0 Å². The van der Waals surface area contributed by atoms with Gasteiger partial charge in [0.2, 0.25) is 0 Å². The lowest BCUT2D eigenvalue weighted by Gasteiger charge is -2.28. The van der Waals surface area contributed by atoms with Crippen LogP contribution in [0.25, 0.3) is 0 Å². The first kappa shape index (κ1) is 13.8. The van der Waals surface area contributed by atoms with Crippen molar-refractivity contribution in [3.05, 3.63) is 30.1 Å². The van der Waals surface area contributed by atoms with E-state index in [4.69, 9.17) is 0 Å². The molecule has 1 aliphatic heterocycles. The van der Waals surface area contributed by atoms with Gasteiger partial charge in [-0.15, -0.1) is 0 Å². The van der Waals surface area contributed by atoms with Gasteiger partial charge >= 0.3 is 6.03 Å². The molecular weight excluding hydrogens is 245 g/mol. The lowest BCUT2D eigenvalue weighted by atomic mass is 10.00. The van der Waals surface area contributed by atoms with Crippen LogP contribution in [-0.4, -0.2) is 24.7 Å². The summed E-state index contributed by atoms with van der Waals surface area (Å²) >= 11 is 0. The number of halogens is 1. The Labute approximate surface area is 112 Å². The zero-order chi connectivity index (χ0) is 13.7. The number of carbonyl (C=O) groups is 1. The molecular formula is C14H20FN3O. The molecule has 2 rings (SSSR count). The van der Waals surface area contributed by atoms with Crippen molar-refractivity contribution in [2.75, 3.05) is 11.9 Å². The van der Waals surface area contributed by atoms with Gasteiger partial charge in [-0.1, -0.05) is 6.42 Å². The minimum Gasteiger partial charge on any atom is -0.336 e. The number of urea groups is 1. The zero-order valence-electron chi connectivity index (χ0n) is 11.1. The first-order chi connectivity index (χ1) is 9.13. The fourth-order valence-corrected chi connectivity index (χ4v) is 2.32. The standard InChI is InChI=1S/C14H20FN3O/c1-10-3-2-4-13(17-10)9-16-14(19)18-12-7-5-11(15)6-8-12/h5-8,10,13,17H,2-4,9H2,1H3,(H2,16,18,19). The summed E-state index contributed by atoms with van der Waals surface area (Å²) in [5.41, 5.74) is 0.587. The maximum atomic E-state index is 12.7. The van der Waals surface area contributed by atoms with Crippen molar-refractivity contribution in [1.82, 2.24) is 10.6 Å². The van der Waals surface area contributed by atoms with Crippen molar-refractivity contribution in [2.45, 2.75) is 38.3 Å². The van der Waals surface area contributed by atoms with Crippen molar-refractivity contribution in [2.24, 2.45) is 0 Å². The predicted octanol–water partition coefficient (Wildman–Crippen LogP) is 2.48. The number of amides is 2. The number of anilines is 1. The van der Waals surface area contributed by atoms with E-state index in [0.717, 1.165) is 6.42 Å². The highest BCUT2D eigenvalue weighted by Gasteiger charge is 2.17. The number of carbonyl (C=O) groups excluding carboxylic acids is 1. The van der Waals surface area contributed by atoms with Gasteiger partial charge in [-0.05, 0) is 44.0 Å². The first-order valence-corrected chi connectivity index (χ1v) is 6.70. The minimum atomic E-state index is -0.314. The number of nitrogens with one attached hydrogen (secondary N) is 3. The molecule has 1 aliphatic rings. The molecule has 4 nitrogen and oxygen atoms in total. The molecule has 0 aromatic heterocycles. The predicted molar refractivity (Wildman–Crippen MR) is 73.7 cm³/mol. The third-order valence-electron chi connectivity index (χ3n) is 3.32. The van der Waals surface area contributed by atoms with Gasteiger partial charge in [0.05, 0.1) is 0 Å². The summed E-state index contributed by atoms with van der Waals surface area (Å²) in [5, 5.41) is 8.96. The quantitative estimate of drug-likeness (QED) is 0.786. The van der Waals surface area contributed by atoms with E-state index >= 15 is 0 Å². The molecule has 0 spiro atoms. The Morgan fingerprint density at radius 1 is 1.37 bits per heavy atom. The van der Waals surface area contributed by atoms with Gasteiger partial charge in [-0.25, -0.2) is 9.18 Å². The molecule has 2 unspecified atom stereocenters. The maximum absolute atomic E-state index is 12.7. The van der Waals surface area contributed by atoms with Gasteiger partial charge in [0.25, 0.3) is 0 Å². The fourth-order valence-electron chi connectivity index (χ4n) is 2.32. The molecule has 104 valence electrons. The van der Waals surface area contributed by atoms with Crippen LogP contribution in [-0.2, 0) is 0 Å². The Bertz CT molecular complexity index is 421. The van der Waals surface area contributed by atoms with Gasteiger partial charge in [-0.3, -0.25) is 0 Å². The normalized spacial score (nSPS) is 22.8. The molecule has 19 heavy (non-hydrogen) atoms. The zero-order valence-corrected chi connectivity index (χ0v) is 11.1. The van der Waals surface area contributed by atoms with Crippen LogP contribution in [0.15, 0.2) is 24.3 Å². The molecule has 1 heterocycles. The molecule has 0 aliphatic carbocycles. The molecule has 0 bridgehead atoms.